The van der Waals surface area contributed by atoms with E-state index in [2.05, 4.69) is 5.32 Å². The fraction of sp³-hybridized carbons (Fsp3) is 0.250. The maximum absolute atomic E-state index is 12.6. The lowest BCUT2D eigenvalue weighted by atomic mass is 10.1. The van der Waals surface area contributed by atoms with Crippen LogP contribution in [0.15, 0.2) is 71.3 Å². The van der Waals surface area contributed by atoms with Gasteiger partial charge in [-0.05, 0) is 42.8 Å². The third-order valence-electron chi connectivity index (χ3n) is 5.04. The molecule has 0 bridgehead atoms. The summed E-state index contributed by atoms with van der Waals surface area (Å²) < 4.78 is 11.0. The van der Waals surface area contributed by atoms with E-state index in [0.29, 0.717) is 31.0 Å². The number of nitrogens with one attached hydrogen (secondary N) is 1. The summed E-state index contributed by atoms with van der Waals surface area (Å²) in [6.07, 6.45) is 1.61. The molecule has 0 spiro atoms. The van der Waals surface area contributed by atoms with Crippen LogP contribution in [0.2, 0.25) is 0 Å². The van der Waals surface area contributed by atoms with Crippen molar-refractivity contribution in [2.45, 2.75) is 25.4 Å². The molecule has 2 amide bonds. The molecule has 0 radical (unpaired) electrons. The highest BCUT2D eigenvalue weighted by Crippen LogP contribution is 2.39. The molecule has 2 heterocycles. The standard InChI is InChI=1S/C24H24N2O4S/c1-2-29-21-8-4-3-6-19(21)14-25-23(28)17-9-11-18(12-10-17)24-26(22(27)16-31-24)15-20-7-5-13-30-20/h3-13,24H,2,14-16H2,1H3,(H,25,28)/t24-/m1/s1. The van der Waals surface area contributed by atoms with E-state index < -0.39 is 0 Å². The number of para-hydroxylation sites is 1. The maximum Gasteiger partial charge on any atom is 0.251 e. The highest BCUT2D eigenvalue weighted by atomic mass is 32.2. The van der Waals surface area contributed by atoms with Crippen molar-refractivity contribution in [3.63, 3.8) is 0 Å². The fourth-order valence-corrected chi connectivity index (χ4v) is 4.68. The molecule has 160 valence electrons. The summed E-state index contributed by atoms with van der Waals surface area (Å²) in [5.74, 6) is 1.90. The number of benzene rings is 2. The van der Waals surface area contributed by atoms with Crippen molar-refractivity contribution in [2.75, 3.05) is 12.4 Å². The van der Waals surface area contributed by atoms with Crippen molar-refractivity contribution in [3.05, 3.63) is 89.4 Å². The first-order valence-electron chi connectivity index (χ1n) is 10.2. The Hall–Kier alpha value is -3.19. The van der Waals surface area contributed by atoms with E-state index in [9.17, 15) is 9.59 Å². The van der Waals surface area contributed by atoms with E-state index in [1.165, 1.54) is 0 Å². The van der Waals surface area contributed by atoms with Gasteiger partial charge in [0.05, 0.1) is 25.2 Å². The summed E-state index contributed by atoms with van der Waals surface area (Å²) in [4.78, 5) is 26.8. The van der Waals surface area contributed by atoms with Gasteiger partial charge in [0.25, 0.3) is 5.91 Å². The molecule has 2 aromatic carbocycles. The van der Waals surface area contributed by atoms with Gasteiger partial charge >= 0.3 is 0 Å². The van der Waals surface area contributed by atoms with Crippen molar-refractivity contribution in [1.29, 1.82) is 0 Å². The molecule has 0 unspecified atom stereocenters. The van der Waals surface area contributed by atoms with Gasteiger partial charge in [0.1, 0.15) is 16.9 Å². The smallest absolute Gasteiger partial charge is 0.251 e. The Balaban J connectivity index is 1.40. The quantitative estimate of drug-likeness (QED) is 0.567. The zero-order valence-electron chi connectivity index (χ0n) is 17.2. The lowest BCUT2D eigenvalue weighted by molar-refractivity contribution is -0.128. The molecule has 0 saturated carbocycles. The van der Waals surface area contributed by atoms with E-state index in [1.54, 1.807) is 30.2 Å². The van der Waals surface area contributed by atoms with E-state index in [4.69, 9.17) is 9.15 Å². The topological polar surface area (TPSA) is 71.8 Å². The van der Waals surface area contributed by atoms with Crippen LogP contribution in [0, 0.1) is 0 Å². The number of carbonyl (C=O) groups excluding carboxylic acids is 2. The summed E-state index contributed by atoms with van der Waals surface area (Å²) in [6, 6.07) is 18.8. The van der Waals surface area contributed by atoms with Crippen LogP contribution < -0.4 is 10.1 Å². The Morgan fingerprint density at radius 2 is 1.97 bits per heavy atom. The SMILES string of the molecule is CCOc1ccccc1CNC(=O)c1ccc([C@H]2SCC(=O)N2Cc2ccco2)cc1. The van der Waals surface area contributed by atoms with Crippen molar-refractivity contribution < 1.29 is 18.7 Å². The number of carbonyl (C=O) groups is 2. The number of ether oxygens (including phenoxy) is 1. The van der Waals surface area contributed by atoms with Gasteiger partial charge in [-0.1, -0.05) is 30.3 Å². The van der Waals surface area contributed by atoms with Crippen LogP contribution in [0.25, 0.3) is 0 Å². The molecule has 3 aromatic rings. The average molecular weight is 437 g/mol. The van der Waals surface area contributed by atoms with Crippen LogP contribution in [0.4, 0.5) is 0 Å². The summed E-state index contributed by atoms with van der Waals surface area (Å²) in [5.41, 5.74) is 2.49. The van der Waals surface area contributed by atoms with Crippen LogP contribution in [0.5, 0.6) is 5.75 Å². The van der Waals surface area contributed by atoms with Crippen LogP contribution in [-0.4, -0.2) is 29.1 Å². The molecule has 1 aromatic heterocycles. The minimum Gasteiger partial charge on any atom is -0.494 e. The first kappa shape index (κ1) is 21.1. The molecular weight excluding hydrogens is 412 g/mol. The van der Waals surface area contributed by atoms with Gasteiger partial charge in [-0.15, -0.1) is 11.8 Å². The number of rotatable bonds is 8. The highest BCUT2D eigenvalue weighted by molar-refractivity contribution is 8.00. The Labute approximate surface area is 185 Å². The Morgan fingerprint density at radius 1 is 1.16 bits per heavy atom. The average Bonchev–Trinajstić information content (AvgIpc) is 3.44. The van der Waals surface area contributed by atoms with Crippen molar-refractivity contribution in [3.8, 4) is 5.75 Å². The van der Waals surface area contributed by atoms with E-state index in [0.717, 1.165) is 22.6 Å². The van der Waals surface area contributed by atoms with Crippen LogP contribution in [-0.2, 0) is 17.9 Å². The summed E-state index contributed by atoms with van der Waals surface area (Å²) >= 11 is 1.58. The summed E-state index contributed by atoms with van der Waals surface area (Å²) in [7, 11) is 0. The third kappa shape index (κ3) is 4.94. The number of furan rings is 1. The van der Waals surface area contributed by atoms with E-state index >= 15 is 0 Å². The normalized spacial score (nSPS) is 15.8. The number of nitrogens with zero attached hydrogens (tertiary/aromatic N) is 1. The number of thioether (sulfide) groups is 1. The summed E-state index contributed by atoms with van der Waals surface area (Å²) in [5, 5.41) is 2.86. The number of hydrogen-bond donors (Lipinski definition) is 1. The second-order valence-corrected chi connectivity index (χ2v) is 8.18. The molecule has 31 heavy (non-hydrogen) atoms. The van der Waals surface area contributed by atoms with Crippen molar-refractivity contribution >= 4 is 23.6 Å². The highest BCUT2D eigenvalue weighted by Gasteiger charge is 2.33. The monoisotopic (exact) mass is 436 g/mol. The molecule has 7 heteroatoms. The third-order valence-corrected chi connectivity index (χ3v) is 6.30. The van der Waals surface area contributed by atoms with Gasteiger partial charge in [-0.2, -0.15) is 0 Å². The molecule has 1 fully saturated rings. The second kappa shape index (κ2) is 9.75. The maximum atomic E-state index is 12.6. The molecule has 0 aliphatic carbocycles. The minimum atomic E-state index is -0.152. The van der Waals surface area contributed by atoms with Gasteiger partial charge in [-0.25, -0.2) is 0 Å². The predicted octanol–water partition coefficient (Wildman–Crippen LogP) is 4.38. The van der Waals surface area contributed by atoms with Crippen molar-refractivity contribution in [2.24, 2.45) is 0 Å². The van der Waals surface area contributed by atoms with E-state index in [1.807, 2.05) is 60.4 Å². The number of amides is 2. The minimum absolute atomic E-state index is 0.0844. The summed E-state index contributed by atoms with van der Waals surface area (Å²) in [6.45, 7) is 3.33. The molecule has 6 nitrogen and oxygen atoms in total. The predicted molar refractivity (Wildman–Crippen MR) is 120 cm³/mol. The second-order valence-electron chi connectivity index (χ2n) is 7.11. The van der Waals surface area contributed by atoms with Crippen molar-refractivity contribution in [1.82, 2.24) is 10.2 Å². The van der Waals surface area contributed by atoms with Gasteiger partial charge in [-0.3, -0.25) is 9.59 Å². The Morgan fingerprint density at radius 3 is 2.71 bits per heavy atom. The molecular formula is C24H24N2O4S. The zero-order chi connectivity index (χ0) is 21.6. The fourth-order valence-electron chi connectivity index (χ4n) is 3.49. The van der Waals surface area contributed by atoms with Gasteiger partial charge in [0.2, 0.25) is 5.91 Å². The largest absolute Gasteiger partial charge is 0.494 e. The first-order valence-corrected chi connectivity index (χ1v) is 11.2. The Bertz CT molecular complexity index is 1030. The van der Waals surface area contributed by atoms with E-state index in [-0.39, 0.29) is 17.2 Å². The van der Waals surface area contributed by atoms with Crippen LogP contribution in [0.3, 0.4) is 0 Å². The van der Waals surface area contributed by atoms with Crippen LogP contribution in [0.1, 0.15) is 39.5 Å². The van der Waals surface area contributed by atoms with Crippen LogP contribution >= 0.6 is 11.8 Å². The molecule has 1 N–H and O–H groups in total. The lowest BCUT2D eigenvalue weighted by Crippen LogP contribution is -2.27. The molecule has 4 rings (SSSR count). The molecule has 1 saturated heterocycles. The van der Waals surface area contributed by atoms with Gasteiger partial charge in [0.15, 0.2) is 0 Å². The zero-order valence-corrected chi connectivity index (χ0v) is 18.1. The lowest BCUT2D eigenvalue weighted by Gasteiger charge is -2.23. The number of hydrogen-bond acceptors (Lipinski definition) is 5. The molecule has 1 aliphatic rings. The Kier molecular flexibility index (Phi) is 6.62. The first-order chi connectivity index (χ1) is 15.2. The van der Waals surface area contributed by atoms with Gasteiger partial charge < -0.3 is 19.4 Å². The molecule has 1 aliphatic heterocycles. The molecule has 1 atom stereocenters. The van der Waals surface area contributed by atoms with Gasteiger partial charge in [0, 0.05) is 17.7 Å².